The van der Waals surface area contributed by atoms with Gasteiger partial charge in [-0.25, -0.2) is 0 Å². The van der Waals surface area contributed by atoms with Crippen LogP contribution in [0.3, 0.4) is 0 Å². The van der Waals surface area contributed by atoms with Crippen molar-refractivity contribution in [2.24, 2.45) is 5.73 Å². The van der Waals surface area contributed by atoms with Crippen molar-refractivity contribution in [3.63, 3.8) is 0 Å². The Labute approximate surface area is 154 Å². The predicted octanol–water partition coefficient (Wildman–Crippen LogP) is 3.54. The summed E-state index contributed by atoms with van der Waals surface area (Å²) in [6.45, 7) is 0.965. The molecule has 1 aliphatic rings. The molecular formula is C22H27N3O. The number of aromatic nitrogens is 1. The minimum Gasteiger partial charge on any atom is -0.497 e. The van der Waals surface area contributed by atoms with Crippen LogP contribution in [0.1, 0.15) is 35.1 Å². The van der Waals surface area contributed by atoms with Gasteiger partial charge in [0, 0.05) is 34.5 Å². The van der Waals surface area contributed by atoms with Gasteiger partial charge in [0.1, 0.15) is 5.75 Å². The Morgan fingerprint density at radius 2 is 1.92 bits per heavy atom. The number of benzene rings is 2. The normalized spacial score (nSPS) is 22.3. The number of nitrogens with two attached hydrogens (primary N) is 1. The van der Waals surface area contributed by atoms with E-state index < -0.39 is 0 Å². The molecule has 0 fully saturated rings. The van der Waals surface area contributed by atoms with Crippen molar-refractivity contribution in [1.29, 1.82) is 0 Å². The van der Waals surface area contributed by atoms with E-state index in [1.54, 1.807) is 7.11 Å². The molecule has 0 unspecified atom stereocenters. The Bertz CT molecular complexity index is 884. The lowest BCUT2D eigenvalue weighted by molar-refractivity contribution is 0.394. The van der Waals surface area contributed by atoms with Gasteiger partial charge in [-0.2, -0.15) is 0 Å². The van der Waals surface area contributed by atoms with Crippen LogP contribution in [0.25, 0.3) is 10.9 Å². The third kappa shape index (κ3) is 2.89. The van der Waals surface area contributed by atoms with E-state index in [1.165, 1.54) is 27.7 Å². The summed E-state index contributed by atoms with van der Waals surface area (Å²) in [5.74, 6) is 1.54. The minimum atomic E-state index is 0.100. The van der Waals surface area contributed by atoms with Gasteiger partial charge in [-0.1, -0.05) is 30.3 Å². The highest BCUT2D eigenvalue weighted by Gasteiger charge is 2.37. The largest absolute Gasteiger partial charge is 0.497 e. The summed E-state index contributed by atoms with van der Waals surface area (Å²) < 4.78 is 5.31. The van der Waals surface area contributed by atoms with Crippen molar-refractivity contribution in [2.75, 3.05) is 20.7 Å². The van der Waals surface area contributed by atoms with Crippen LogP contribution in [0.2, 0.25) is 0 Å². The molecular weight excluding hydrogens is 322 g/mol. The first-order chi connectivity index (χ1) is 12.7. The van der Waals surface area contributed by atoms with Gasteiger partial charge < -0.3 is 20.8 Å². The van der Waals surface area contributed by atoms with Gasteiger partial charge in [0.25, 0.3) is 0 Å². The summed E-state index contributed by atoms with van der Waals surface area (Å²) in [5.41, 5.74) is 12.1. The molecule has 136 valence electrons. The Morgan fingerprint density at radius 3 is 2.65 bits per heavy atom. The van der Waals surface area contributed by atoms with Crippen molar-refractivity contribution in [3.8, 4) is 5.75 Å². The van der Waals surface area contributed by atoms with Gasteiger partial charge in [0.2, 0.25) is 0 Å². The van der Waals surface area contributed by atoms with Crippen LogP contribution in [0.15, 0.2) is 48.5 Å². The molecule has 0 amide bonds. The summed E-state index contributed by atoms with van der Waals surface area (Å²) >= 11 is 0. The number of nitrogens with one attached hydrogen (secondary N) is 2. The van der Waals surface area contributed by atoms with Crippen molar-refractivity contribution in [2.45, 2.75) is 30.7 Å². The van der Waals surface area contributed by atoms with Crippen LogP contribution in [0.5, 0.6) is 5.75 Å². The third-order valence-electron chi connectivity index (χ3n) is 5.80. The fourth-order valence-electron chi connectivity index (χ4n) is 4.46. The molecule has 4 heteroatoms. The standard InChI is InChI=1S/C22H27N3O/c1-24-12-11-17-21-16-5-3-4-6-19(16)25-20(21)13-18(22(17)23)14-7-9-15(26-2)10-8-14/h3-10,17-18,22,24-25H,11-13,23H2,1-2H3/t17-,18-,22+/m1/s1. The summed E-state index contributed by atoms with van der Waals surface area (Å²) in [5, 5.41) is 4.62. The molecule has 3 atom stereocenters. The number of aromatic amines is 1. The van der Waals surface area contributed by atoms with E-state index in [2.05, 4.69) is 46.7 Å². The molecule has 1 aromatic heterocycles. The second kappa shape index (κ2) is 7.14. The lowest BCUT2D eigenvalue weighted by Gasteiger charge is -2.36. The number of hydrogen-bond donors (Lipinski definition) is 3. The second-order valence-electron chi connectivity index (χ2n) is 7.22. The minimum absolute atomic E-state index is 0.100. The molecule has 0 aliphatic heterocycles. The van der Waals surface area contributed by atoms with Crippen LogP contribution in [-0.4, -0.2) is 31.7 Å². The molecule has 0 bridgehead atoms. The van der Waals surface area contributed by atoms with Crippen molar-refractivity contribution < 1.29 is 4.74 Å². The van der Waals surface area contributed by atoms with Gasteiger partial charge >= 0.3 is 0 Å². The van der Waals surface area contributed by atoms with E-state index in [0.717, 1.165) is 25.1 Å². The average Bonchev–Trinajstić information content (AvgIpc) is 3.05. The Morgan fingerprint density at radius 1 is 1.15 bits per heavy atom. The number of ether oxygens (including phenoxy) is 1. The Balaban J connectivity index is 1.77. The third-order valence-corrected chi connectivity index (χ3v) is 5.80. The molecule has 4 nitrogen and oxygen atoms in total. The highest BCUT2D eigenvalue weighted by atomic mass is 16.5. The number of para-hydroxylation sites is 1. The summed E-state index contributed by atoms with van der Waals surface area (Å²) in [7, 11) is 3.71. The summed E-state index contributed by atoms with van der Waals surface area (Å²) in [6.07, 6.45) is 1.99. The van der Waals surface area contributed by atoms with Gasteiger partial charge in [-0.05, 0) is 55.8 Å². The van der Waals surface area contributed by atoms with Crippen molar-refractivity contribution in [3.05, 3.63) is 65.4 Å². The predicted molar refractivity (Wildman–Crippen MR) is 107 cm³/mol. The highest BCUT2D eigenvalue weighted by Crippen LogP contribution is 2.44. The zero-order chi connectivity index (χ0) is 18.1. The molecule has 2 aromatic carbocycles. The van der Waals surface area contributed by atoms with E-state index in [4.69, 9.17) is 10.5 Å². The molecule has 0 saturated carbocycles. The van der Waals surface area contributed by atoms with Crippen molar-refractivity contribution in [1.82, 2.24) is 10.3 Å². The molecule has 0 spiro atoms. The molecule has 1 aliphatic carbocycles. The number of methoxy groups -OCH3 is 1. The van der Waals surface area contributed by atoms with Crippen LogP contribution < -0.4 is 15.8 Å². The number of rotatable bonds is 5. The fraction of sp³-hybridized carbons (Fsp3) is 0.364. The quantitative estimate of drug-likeness (QED) is 0.660. The molecule has 26 heavy (non-hydrogen) atoms. The van der Waals surface area contributed by atoms with E-state index in [9.17, 15) is 0 Å². The van der Waals surface area contributed by atoms with Crippen LogP contribution >= 0.6 is 0 Å². The lowest BCUT2D eigenvalue weighted by atomic mass is 9.71. The maximum atomic E-state index is 6.86. The monoisotopic (exact) mass is 349 g/mol. The van der Waals surface area contributed by atoms with Gasteiger partial charge in [0.15, 0.2) is 0 Å². The van der Waals surface area contributed by atoms with Gasteiger partial charge in [-0.15, -0.1) is 0 Å². The lowest BCUT2D eigenvalue weighted by Crippen LogP contribution is -2.40. The van der Waals surface area contributed by atoms with E-state index >= 15 is 0 Å². The van der Waals surface area contributed by atoms with E-state index in [0.29, 0.717) is 11.8 Å². The number of H-pyrrole nitrogens is 1. The van der Waals surface area contributed by atoms with E-state index in [-0.39, 0.29) is 6.04 Å². The average molecular weight is 349 g/mol. The fourth-order valence-corrected chi connectivity index (χ4v) is 4.46. The molecule has 4 N–H and O–H groups in total. The van der Waals surface area contributed by atoms with Crippen LogP contribution in [-0.2, 0) is 6.42 Å². The maximum absolute atomic E-state index is 6.86. The van der Waals surface area contributed by atoms with Crippen LogP contribution in [0, 0.1) is 0 Å². The SMILES string of the molecule is CNCC[C@@H]1c2c([nH]c3ccccc23)C[C@H](c2ccc(OC)cc2)[C@H]1N. The molecule has 3 aromatic rings. The zero-order valence-electron chi connectivity index (χ0n) is 15.5. The topological polar surface area (TPSA) is 63.1 Å². The summed E-state index contributed by atoms with van der Waals surface area (Å²) in [6, 6.07) is 17.1. The zero-order valence-corrected chi connectivity index (χ0v) is 15.5. The Kier molecular flexibility index (Phi) is 4.70. The first-order valence-electron chi connectivity index (χ1n) is 9.36. The second-order valence-corrected chi connectivity index (χ2v) is 7.22. The van der Waals surface area contributed by atoms with E-state index in [1.807, 2.05) is 19.2 Å². The molecule has 0 radical (unpaired) electrons. The number of hydrogen-bond acceptors (Lipinski definition) is 3. The van der Waals surface area contributed by atoms with Crippen LogP contribution in [0.4, 0.5) is 0 Å². The highest BCUT2D eigenvalue weighted by molar-refractivity contribution is 5.85. The molecule has 4 rings (SSSR count). The van der Waals surface area contributed by atoms with Gasteiger partial charge in [-0.3, -0.25) is 0 Å². The molecule has 0 saturated heterocycles. The Hall–Kier alpha value is -2.30. The first kappa shape index (κ1) is 17.1. The number of fused-ring (bicyclic) bond motifs is 3. The molecule has 1 heterocycles. The van der Waals surface area contributed by atoms with Gasteiger partial charge in [0.05, 0.1) is 7.11 Å². The maximum Gasteiger partial charge on any atom is 0.118 e. The first-order valence-corrected chi connectivity index (χ1v) is 9.36. The summed E-state index contributed by atoms with van der Waals surface area (Å²) in [4.78, 5) is 3.66. The smallest absolute Gasteiger partial charge is 0.118 e. The van der Waals surface area contributed by atoms with Crippen molar-refractivity contribution >= 4 is 10.9 Å².